The molecule has 24 heavy (non-hydrogen) atoms. The zero-order chi connectivity index (χ0) is 17.7. The largest absolute Gasteiger partial charge is 0.377 e. The molecule has 1 heterocycles. The van der Waals surface area contributed by atoms with Crippen LogP contribution in [0.5, 0.6) is 0 Å². The van der Waals surface area contributed by atoms with Crippen LogP contribution in [0.25, 0.3) is 0 Å². The van der Waals surface area contributed by atoms with E-state index >= 15 is 0 Å². The maximum Gasteiger partial charge on any atom is 0.242 e. The molecule has 134 valence electrons. The highest BCUT2D eigenvalue weighted by Gasteiger charge is 2.28. The molecular formula is C17H26N2O4S. The Kier molecular flexibility index (Phi) is 6.37. The minimum atomic E-state index is -3.47. The van der Waals surface area contributed by atoms with E-state index in [0.717, 1.165) is 30.3 Å². The molecule has 7 heteroatoms. The molecule has 1 aromatic rings. The fourth-order valence-corrected chi connectivity index (χ4v) is 3.65. The Morgan fingerprint density at radius 3 is 2.67 bits per heavy atom. The zero-order valence-electron chi connectivity index (χ0n) is 14.6. The lowest BCUT2D eigenvalue weighted by Gasteiger charge is -2.27. The number of aryl methyl sites for hydroxylation is 1. The molecule has 1 aliphatic rings. The van der Waals surface area contributed by atoms with Crippen LogP contribution in [0, 0.1) is 6.92 Å². The molecule has 1 fully saturated rings. The smallest absolute Gasteiger partial charge is 0.242 e. The van der Waals surface area contributed by atoms with Crippen molar-refractivity contribution >= 4 is 21.6 Å². The molecule has 1 unspecified atom stereocenters. The molecule has 0 spiro atoms. The van der Waals surface area contributed by atoms with Crippen molar-refractivity contribution in [2.45, 2.75) is 32.8 Å². The van der Waals surface area contributed by atoms with Gasteiger partial charge >= 0.3 is 0 Å². The SMILES string of the molecule is CCN(C(=O)CN(CC1CCCO1)S(C)(=O)=O)c1cccc(C)c1. The van der Waals surface area contributed by atoms with E-state index in [1.807, 2.05) is 38.1 Å². The highest BCUT2D eigenvalue weighted by Crippen LogP contribution is 2.18. The monoisotopic (exact) mass is 354 g/mol. The number of nitrogens with zero attached hydrogens (tertiary/aromatic N) is 2. The van der Waals surface area contributed by atoms with Crippen molar-refractivity contribution in [3.8, 4) is 0 Å². The van der Waals surface area contributed by atoms with Gasteiger partial charge in [0.1, 0.15) is 0 Å². The van der Waals surface area contributed by atoms with Crippen LogP contribution in [0.4, 0.5) is 5.69 Å². The summed E-state index contributed by atoms with van der Waals surface area (Å²) in [6.45, 7) is 5.05. The summed E-state index contributed by atoms with van der Waals surface area (Å²) in [6, 6.07) is 7.63. The molecule has 6 nitrogen and oxygen atoms in total. The van der Waals surface area contributed by atoms with E-state index in [-0.39, 0.29) is 25.1 Å². The second kappa shape index (κ2) is 8.09. The number of amides is 1. The maximum atomic E-state index is 12.7. The summed E-state index contributed by atoms with van der Waals surface area (Å²) in [6.07, 6.45) is 2.77. The first-order valence-corrected chi connectivity index (χ1v) is 10.1. The molecule has 0 bridgehead atoms. The van der Waals surface area contributed by atoms with Crippen LogP contribution in [-0.2, 0) is 19.6 Å². The molecular weight excluding hydrogens is 328 g/mol. The van der Waals surface area contributed by atoms with Gasteiger partial charge in [-0.3, -0.25) is 4.79 Å². The fraction of sp³-hybridized carbons (Fsp3) is 0.588. The Bertz CT molecular complexity index is 669. The quantitative estimate of drug-likeness (QED) is 0.749. The molecule has 0 saturated carbocycles. The van der Waals surface area contributed by atoms with Crippen LogP contribution in [0.3, 0.4) is 0 Å². The van der Waals surface area contributed by atoms with Crippen molar-refractivity contribution in [2.24, 2.45) is 0 Å². The minimum absolute atomic E-state index is 0.124. The van der Waals surface area contributed by atoms with E-state index in [0.29, 0.717) is 13.2 Å². The molecule has 0 aliphatic carbocycles. The summed E-state index contributed by atoms with van der Waals surface area (Å²) in [4.78, 5) is 14.3. The topological polar surface area (TPSA) is 66.9 Å². The van der Waals surface area contributed by atoms with Crippen molar-refractivity contribution < 1.29 is 17.9 Å². The number of carbonyl (C=O) groups excluding carboxylic acids is 1. The molecule has 1 amide bonds. The van der Waals surface area contributed by atoms with Gasteiger partial charge in [0.2, 0.25) is 15.9 Å². The van der Waals surface area contributed by atoms with Gasteiger partial charge in [-0.2, -0.15) is 4.31 Å². The van der Waals surface area contributed by atoms with Gasteiger partial charge in [0.05, 0.1) is 18.9 Å². The summed E-state index contributed by atoms with van der Waals surface area (Å²) in [7, 11) is -3.47. The standard InChI is InChI=1S/C17H26N2O4S/c1-4-19(15-8-5-7-14(2)11-15)17(20)13-18(24(3,21)22)12-16-9-6-10-23-16/h5,7-8,11,16H,4,6,9-10,12-13H2,1-3H3. The summed E-state index contributed by atoms with van der Waals surface area (Å²) in [5, 5.41) is 0. The zero-order valence-corrected chi connectivity index (χ0v) is 15.4. The van der Waals surface area contributed by atoms with Crippen molar-refractivity contribution in [3.63, 3.8) is 0 Å². The average molecular weight is 354 g/mol. The Hall–Kier alpha value is -1.44. The number of likely N-dealkylation sites (N-methyl/N-ethyl adjacent to an activating group) is 1. The summed E-state index contributed by atoms with van der Waals surface area (Å²) < 4.78 is 30.9. The molecule has 1 aliphatic heterocycles. The predicted molar refractivity (Wildman–Crippen MR) is 94.6 cm³/mol. The summed E-state index contributed by atoms with van der Waals surface area (Å²) in [5.41, 5.74) is 1.84. The number of carbonyl (C=O) groups is 1. The van der Waals surface area contributed by atoms with Crippen molar-refractivity contribution in [1.82, 2.24) is 4.31 Å². The lowest BCUT2D eigenvalue weighted by atomic mass is 10.2. The molecule has 0 aromatic heterocycles. The van der Waals surface area contributed by atoms with Gasteiger partial charge in [-0.1, -0.05) is 12.1 Å². The third-order valence-electron chi connectivity index (χ3n) is 4.14. The lowest BCUT2D eigenvalue weighted by molar-refractivity contribution is -0.119. The first-order valence-electron chi connectivity index (χ1n) is 8.25. The number of sulfonamides is 1. The van der Waals surface area contributed by atoms with E-state index in [1.165, 1.54) is 4.31 Å². The molecule has 0 radical (unpaired) electrons. The Balaban J connectivity index is 2.12. The van der Waals surface area contributed by atoms with Crippen LogP contribution in [0.2, 0.25) is 0 Å². The third-order valence-corrected chi connectivity index (χ3v) is 5.36. The van der Waals surface area contributed by atoms with Crippen molar-refractivity contribution in [1.29, 1.82) is 0 Å². The second-order valence-electron chi connectivity index (χ2n) is 6.17. The van der Waals surface area contributed by atoms with Crippen molar-refractivity contribution in [2.75, 3.05) is 37.4 Å². The molecule has 0 N–H and O–H groups in total. The molecule has 2 rings (SSSR count). The number of anilines is 1. The molecule has 1 saturated heterocycles. The van der Waals surface area contributed by atoms with Gasteiger partial charge in [-0.25, -0.2) is 8.42 Å². The van der Waals surface area contributed by atoms with Gasteiger partial charge in [0.15, 0.2) is 0 Å². The Morgan fingerprint density at radius 2 is 2.12 bits per heavy atom. The van der Waals surface area contributed by atoms with Crippen molar-refractivity contribution in [3.05, 3.63) is 29.8 Å². The predicted octanol–water partition coefficient (Wildman–Crippen LogP) is 1.79. The first-order chi connectivity index (χ1) is 11.3. The number of rotatable bonds is 7. The molecule has 1 atom stereocenters. The number of hydrogen-bond acceptors (Lipinski definition) is 4. The average Bonchev–Trinajstić information content (AvgIpc) is 2.99. The van der Waals surface area contributed by atoms with Gasteiger partial charge in [0.25, 0.3) is 0 Å². The van der Waals surface area contributed by atoms with E-state index in [9.17, 15) is 13.2 Å². The highest BCUT2D eigenvalue weighted by atomic mass is 32.2. The van der Waals surface area contributed by atoms with Crippen LogP contribution in [0.15, 0.2) is 24.3 Å². The number of ether oxygens (including phenoxy) is 1. The summed E-state index contributed by atoms with van der Waals surface area (Å²) in [5.74, 6) is -0.230. The Labute approximate surface area is 144 Å². The maximum absolute atomic E-state index is 12.7. The third kappa shape index (κ3) is 5.03. The minimum Gasteiger partial charge on any atom is -0.377 e. The molecule has 1 aromatic carbocycles. The summed E-state index contributed by atoms with van der Waals surface area (Å²) >= 11 is 0. The highest BCUT2D eigenvalue weighted by molar-refractivity contribution is 7.88. The van der Waals surface area contributed by atoms with Crippen LogP contribution in [-0.4, -0.2) is 57.2 Å². The number of hydrogen-bond donors (Lipinski definition) is 0. The normalized spacial score (nSPS) is 18.1. The lowest BCUT2D eigenvalue weighted by Crippen LogP contribution is -2.45. The van der Waals surface area contributed by atoms with E-state index < -0.39 is 10.0 Å². The van der Waals surface area contributed by atoms with Gasteiger partial charge in [-0.05, 0) is 44.4 Å². The van der Waals surface area contributed by atoms with Crippen LogP contribution in [0.1, 0.15) is 25.3 Å². The Morgan fingerprint density at radius 1 is 1.38 bits per heavy atom. The van der Waals surface area contributed by atoms with Crippen LogP contribution >= 0.6 is 0 Å². The van der Waals surface area contributed by atoms with Gasteiger partial charge < -0.3 is 9.64 Å². The van der Waals surface area contributed by atoms with Gasteiger partial charge in [0, 0.05) is 25.4 Å². The first kappa shape index (κ1) is 18.9. The fourth-order valence-electron chi connectivity index (χ4n) is 2.87. The second-order valence-corrected chi connectivity index (χ2v) is 8.15. The number of benzene rings is 1. The van der Waals surface area contributed by atoms with Gasteiger partial charge in [-0.15, -0.1) is 0 Å². The van der Waals surface area contributed by atoms with Crippen LogP contribution < -0.4 is 4.90 Å². The van der Waals surface area contributed by atoms with E-state index in [2.05, 4.69) is 0 Å². The van der Waals surface area contributed by atoms with E-state index in [4.69, 9.17) is 4.74 Å². The van der Waals surface area contributed by atoms with E-state index in [1.54, 1.807) is 4.90 Å².